The first-order chi connectivity index (χ1) is 14.6. The smallest absolute Gasteiger partial charge is 0.417 e. The Labute approximate surface area is 171 Å². The van der Waals surface area contributed by atoms with Gasteiger partial charge in [0.15, 0.2) is 5.69 Å². The van der Waals surface area contributed by atoms with Gasteiger partial charge in [0.2, 0.25) is 5.88 Å². The summed E-state index contributed by atoms with van der Waals surface area (Å²) in [4.78, 5) is 16.2. The van der Waals surface area contributed by atoms with Crippen LogP contribution >= 0.6 is 0 Å². The summed E-state index contributed by atoms with van der Waals surface area (Å²) in [5, 5.41) is 10.4. The highest BCUT2D eigenvalue weighted by molar-refractivity contribution is 5.93. The second kappa shape index (κ2) is 7.63. The molecule has 0 saturated heterocycles. The van der Waals surface area contributed by atoms with Crippen LogP contribution in [0.25, 0.3) is 11.3 Å². The maximum atomic E-state index is 12.8. The zero-order valence-corrected chi connectivity index (χ0v) is 15.9. The lowest BCUT2D eigenvalue weighted by Gasteiger charge is -2.11. The molecule has 1 aliphatic rings. The van der Waals surface area contributed by atoms with Crippen LogP contribution in [-0.2, 0) is 19.8 Å². The van der Waals surface area contributed by atoms with Gasteiger partial charge in [0.1, 0.15) is 5.69 Å². The number of carbonyl (C=O) groups is 1. The van der Waals surface area contributed by atoms with Crippen LogP contribution in [0.1, 0.15) is 34.3 Å². The number of nitrogens with one attached hydrogen (secondary N) is 1. The Morgan fingerprint density at radius 1 is 1.26 bits per heavy atom. The zero-order valence-electron chi connectivity index (χ0n) is 15.9. The molecular formula is C18H15F5N6O2. The molecule has 0 aromatic carbocycles. The number of amides is 1. The Morgan fingerprint density at radius 3 is 2.71 bits per heavy atom. The van der Waals surface area contributed by atoms with Crippen molar-refractivity contribution < 1.29 is 31.5 Å². The minimum atomic E-state index is -4.66. The van der Waals surface area contributed by atoms with Crippen molar-refractivity contribution in [1.82, 2.24) is 29.9 Å². The van der Waals surface area contributed by atoms with E-state index in [1.165, 1.54) is 19.3 Å². The number of aryl methyl sites for hydroxylation is 2. The van der Waals surface area contributed by atoms with E-state index >= 15 is 0 Å². The molecule has 13 heteroatoms. The maximum Gasteiger partial charge on any atom is 0.435 e. The Bertz CT molecular complexity index is 1120. The molecule has 1 atom stereocenters. The second-order valence-corrected chi connectivity index (χ2v) is 6.79. The number of hydrogen-bond donors (Lipinski definition) is 1. The van der Waals surface area contributed by atoms with E-state index in [1.807, 2.05) is 0 Å². The van der Waals surface area contributed by atoms with Crippen LogP contribution in [0.4, 0.5) is 22.0 Å². The molecule has 0 spiro atoms. The van der Waals surface area contributed by atoms with Gasteiger partial charge in [-0.05, 0) is 18.6 Å². The predicted molar refractivity (Wildman–Crippen MR) is 95.1 cm³/mol. The third kappa shape index (κ3) is 4.20. The van der Waals surface area contributed by atoms with Crippen LogP contribution in [-0.4, -0.2) is 37.1 Å². The summed E-state index contributed by atoms with van der Waals surface area (Å²) in [7, 11) is 1.25. The Balaban J connectivity index is 1.53. The lowest BCUT2D eigenvalue weighted by Crippen LogP contribution is -2.28. The summed E-state index contributed by atoms with van der Waals surface area (Å²) in [6.45, 7) is -2.55. The quantitative estimate of drug-likeness (QED) is 0.614. The number of alkyl halides is 5. The van der Waals surface area contributed by atoms with Crippen molar-refractivity contribution in [2.45, 2.75) is 31.8 Å². The Morgan fingerprint density at radius 2 is 2.03 bits per heavy atom. The van der Waals surface area contributed by atoms with Crippen molar-refractivity contribution in [3.63, 3.8) is 0 Å². The lowest BCUT2D eigenvalue weighted by molar-refractivity contribution is -0.141. The first-order valence-corrected chi connectivity index (χ1v) is 9.03. The lowest BCUT2D eigenvalue weighted by atomic mass is 10.1. The largest absolute Gasteiger partial charge is 0.435 e. The van der Waals surface area contributed by atoms with Crippen LogP contribution in [0.15, 0.2) is 30.5 Å². The number of carbonyl (C=O) groups excluding carboxylic acids is 1. The van der Waals surface area contributed by atoms with Crippen molar-refractivity contribution in [3.8, 4) is 17.1 Å². The molecule has 164 valence electrons. The van der Waals surface area contributed by atoms with Gasteiger partial charge in [-0.25, -0.2) is 4.98 Å². The highest BCUT2D eigenvalue weighted by atomic mass is 19.4. The molecule has 1 N–H and O–H groups in total. The number of rotatable bonds is 5. The summed E-state index contributed by atoms with van der Waals surface area (Å²) in [5.41, 5.74) is 0.191. The fraction of sp³-hybridized carbons (Fsp3) is 0.333. The molecule has 3 aromatic heterocycles. The predicted octanol–water partition coefficient (Wildman–Crippen LogP) is 3.17. The summed E-state index contributed by atoms with van der Waals surface area (Å²) in [6, 6.07) is 4.75. The van der Waals surface area contributed by atoms with Gasteiger partial charge in [-0.15, -0.1) is 0 Å². The van der Waals surface area contributed by atoms with Gasteiger partial charge in [-0.2, -0.15) is 32.1 Å². The van der Waals surface area contributed by atoms with Gasteiger partial charge in [0.25, 0.3) is 5.91 Å². The molecule has 3 aromatic rings. The number of pyridine rings is 1. The van der Waals surface area contributed by atoms with E-state index in [2.05, 4.69) is 25.2 Å². The number of fused-ring (bicyclic) bond motifs is 1. The second-order valence-electron chi connectivity index (χ2n) is 6.79. The minimum absolute atomic E-state index is 0.228. The molecule has 0 bridgehead atoms. The van der Waals surface area contributed by atoms with Crippen LogP contribution in [0.2, 0.25) is 0 Å². The van der Waals surface area contributed by atoms with Crippen LogP contribution in [0, 0.1) is 0 Å². The topological polar surface area (TPSA) is 86.9 Å². The van der Waals surface area contributed by atoms with E-state index in [0.29, 0.717) is 36.0 Å². The molecule has 31 heavy (non-hydrogen) atoms. The molecule has 1 amide bonds. The standard InChI is InChI=1S/C18H15F5N6O2/c1-28-13(8-14(27-28)18(21,22)23)16(30)25-10-3-5-29-12(10)7-11(26-29)9-2-4-24-15(6-9)31-17(19)20/h2,4,6-8,10,17H,3,5H2,1H3,(H,25,30)/t10-/m1/s1. The molecule has 0 fully saturated rings. The SMILES string of the molecule is Cn1nc(C(F)(F)F)cc1C(=O)N[C@@H]1CCn2nc(-c3ccnc(OC(F)F)c3)cc21. The summed E-state index contributed by atoms with van der Waals surface area (Å²) in [6.07, 6.45) is -2.86. The van der Waals surface area contributed by atoms with Gasteiger partial charge in [0, 0.05) is 37.5 Å². The van der Waals surface area contributed by atoms with Crippen molar-refractivity contribution in [3.05, 3.63) is 47.5 Å². The number of aromatic nitrogens is 5. The number of halogens is 5. The average Bonchev–Trinajstić information content (AvgIpc) is 3.36. The van der Waals surface area contributed by atoms with Gasteiger partial charge in [0.05, 0.1) is 17.4 Å². The number of nitrogens with zero attached hydrogens (tertiary/aromatic N) is 5. The zero-order chi connectivity index (χ0) is 22.3. The van der Waals surface area contributed by atoms with Crippen molar-refractivity contribution in [2.75, 3.05) is 0 Å². The van der Waals surface area contributed by atoms with E-state index < -0.39 is 30.4 Å². The van der Waals surface area contributed by atoms with Crippen molar-refractivity contribution >= 4 is 5.91 Å². The normalized spacial score (nSPS) is 15.9. The maximum absolute atomic E-state index is 12.8. The first kappa shape index (κ1) is 20.8. The van der Waals surface area contributed by atoms with Crippen molar-refractivity contribution in [1.29, 1.82) is 0 Å². The molecule has 0 saturated carbocycles. The van der Waals surface area contributed by atoms with Crippen LogP contribution < -0.4 is 10.1 Å². The fourth-order valence-electron chi connectivity index (χ4n) is 3.35. The monoisotopic (exact) mass is 442 g/mol. The highest BCUT2D eigenvalue weighted by Crippen LogP contribution is 2.32. The van der Waals surface area contributed by atoms with Crippen molar-refractivity contribution in [2.24, 2.45) is 7.05 Å². The van der Waals surface area contributed by atoms with Gasteiger partial charge in [-0.1, -0.05) is 0 Å². The van der Waals surface area contributed by atoms with Crippen LogP contribution in [0.3, 0.4) is 0 Å². The molecule has 1 aliphatic heterocycles. The third-order valence-corrected chi connectivity index (χ3v) is 4.75. The van der Waals surface area contributed by atoms with E-state index in [0.717, 1.165) is 4.68 Å². The van der Waals surface area contributed by atoms with Gasteiger partial charge >= 0.3 is 12.8 Å². The molecule has 0 unspecified atom stereocenters. The van der Waals surface area contributed by atoms with E-state index in [-0.39, 0.29) is 11.6 Å². The molecule has 0 radical (unpaired) electrons. The summed E-state index contributed by atoms with van der Waals surface area (Å²) < 4.78 is 70.1. The summed E-state index contributed by atoms with van der Waals surface area (Å²) >= 11 is 0. The molecule has 4 heterocycles. The van der Waals surface area contributed by atoms with E-state index in [4.69, 9.17) is 0 Å². The Kier molecular flexibility index (Phi) is 5.11. The summed E-state index contributed by atoms with van der Waals surface area (Å²) in [5.74, 6) is -0.967. The third-order valence-electron chi connectivity index (χ3n) is 4.75. The highest BCUT2D eigenvalue weighted by Gasteiger charge is 2.36. The fourth-order valence-corrected chi connectivity index (χ4v) is 3.35. The number of hydrogen-bond acceptors (Lipinski definition) is 5. The minimum Gasteiger partial charge on any atom is -0.417 e. The molecule has 4 rings (SSSR count). The molecule has 0 aliphatic carbocycles. The van der Waals surface area contributed by atoms with E-state index in [9.17, 15) is 26.7 Å². The molecular weight excluding hydrogens is 427 g/mol. The molecule has 8 nitrogen and oxygen atoms in total. The first-order valence-electron chi connectivity index (χ1n) is 9.03. The van der Waals surface area contributed by atoms with Crippen LogP contribution in [0.5, 0.6) is 5.88 Å². The average molecular weight is 442 g/mol. The van der Waals surface area contributed by atoms with Gasteiger partial charge < -0.3 is 10.1 Å². The van der Waals surface area contributed by atoms with Gasteiger partial charge in [-0.3, -0.25) is 14.2 Å². The Hall–Kier alpha value is -3.51. The van der Waals surface area contributed by atoms with E-state index in [1.54, 1.807) is 16.8 Å². The number of ether oxygens (including phenoxy) is 1.